The Hall–Kier alpha value is -3.13. The van der Waals surface area contributed by atoms with Gasteiger partial charge >= 0.3 is 0 Å². The van der Waals surface area contributed by atoms with Gasteiger partial charge in [0.15, 0.2) is 5.11 Å². The zero-order valence-corrected chi connectivity index (χ0v) is 15.7. The average Bonchev–Trinajstić information content (AvgIpc) is 3.10. The van der Waals surface area contributed by atoms with E-state index in [9.17, 15) is 4.39 Å². The first kappa shape index (κ1) is 18.7. The summed E-state index contributed by atoms with van der Waals surface area (Å²) in [4.78, 5) is 0. The highest BCUT2D eigenvalue weighted by molar-refractivity contribution is 7.80. The highest BCUT2D eigenvalue weighted by Crippen LogP contribution is 2.29. The van der Waals surface area contributed by atoms with Gasteiger partial charge in [0, 0.05) is 12.3 Å². The summed E-state index contributed by atoms with van der Waals surface area (Å²) >= 11 is 5.35. The van der Waals surface area contributed by atoms with Crippen molar-refractivity contribution in [1.82, 2.24) is 9.78 Å². The fourth-order valence-corrected chi connectivity index (χ4v) is 2.71. The third-order valence-electron chi connectivity index (χ3n) is 3.81. The molecule has 0 fully saturated rings. The van der Waals surface area contributed by atoms with Crippen molar-refractivity contribution < 1.29 is 13.9 Å². The number of hydrogen-bond acceptors (Lipinski definition) is 4. The largest absolute Gasteiger partial charge is 0.497 e. The molecule has 0 saturated carbocycles. The van der Waals surface area contributed by atoms with E-state index in [1.807, 2.05) is 18.3 Å². The van der Waals surface area contributed by atoms with E-state index in [1.54, 1.807) is 43.3 Å². The number of rotatable bonds is 6. The number of nitrogens with one attached hydrogen (secondary N) is 2. The summed E-state index contributed by atoms with van der Waals surface area (Å²) < 4.78 is 25.2. The van der Waals surface area contributed by atoms with Gasteiger partial charge in [-0.3, -0.25) is 4.68 Å². The molecule has 2 aromatic carbocycles. The smallest absolute Gasteiger partial charge is 0.175 e. The Kier molecular flexibility index (Phi) is 5.87. The molecule has 1 aromatic heterocycles. The number of benzene rings is 2. The van der Waals surface area contributed by atoms with Crippen LogP contribution >= 0.6 is 12.2 Å². The highest BCUT2D eigenvalue weighted by atomic mass is 32.1. The summed E-state index contributed by atoms with van der Waals surface area (Å²) in [6, 6.07) is 11.7. The lowest BCUT2D eigenvalue weighted by Crippen LogP contribution is -2.19. The van der Waals surface area contributed by atoms with Gasteiger partial charge in [0.05, 0.1) is 38.3 Å². The van der Waals surface area contributed by atoms with Crippen LogP contribution < -0.4 is 20.1 Å². The lowest BCUT2D eigenvalue weighted by atomic mass is 10.2. The molecule has 27 heavy (non-hydrogen) atoms. The molecule has 0 amide bonds. The van der Waals surface area contributed by atoms with E-state index in [4.69, 9.17) is 21.7 Å². The normalized spacial score (nSPS) is 10.3. The molecular weight excluding hydrogens is 367 g/mol. The molecule has 8 heteroatoms. The third kappa shape index (κ3) is 4.95. The van der Waals surface area contributed by atoms with E-state index in [0.29, 0.717) is 23.2 Å². The van der Waals surface area contributed by atoms with Crippen LogP contribution in [-0.4, -0.2) is 29.1 Å². The third-order valence-corrected chi connectivity index (χ3v) is 4.01. The minimum Gasteiger partial charge on any atom is -0.497 e. The lowest BCUT2D eigenvalue weighted by molar-refractivity contribution is 0.395. The van der Waals surface area contributed by atoms with Crippen LogP contribution in [-0.2, 0) is 6.54 Å². The van der Waals surface area contributed by atoms with Crippen molar-refractivity contribution in [3.63, 3.8) is 0 Å². The molecule has 0 aliphatic heterocycles. The van der Waals surface area contributed by atoms with Gasteiger partial charge in [0.25, 0.3) is 0 Å². The quantitative estimate of drug-likeness (QED) is 0.627. The van der Waals surface area contributed by atoms with Gasteiger partial charge in [0.2, 0.25) is 0 Å². The van der Waals surface area contributed by atoms with Crippen LogP contribution in [0.25, 0.3) is 0 Å². The maximum atomic E-state index is 13.0. The molecule has 2 N–H and O–H groups in total. The molecule has 6 nitrogen and oxygen atoms in total. The summed E-state index contributed by atoms with van der Waals surface area (Å²) in [7, 11) is 3.17. The van der Waals surface area contributed by atoms with E-state index in [2.05, 4.69) is 15.7 Å². The van der Waals surface area contributed by atoms with Crippen LogP contribution in [0, 0.1) is 5.82 Å². The van der Waals surface area contributed by atoms with E-state index in [-0.39, 0.29) is 5.82 Å². The van der Waals surface area contributed by atoms with Crippen molar-refractivity contribution in [3.8, 4) is 11.5 Å². The maximum Gasteiger partial charge on any atom is 0.175 e. The number of ether oxygens (including phenoxy) is 2. The molecule has 3 aromatic rings. The van der Waals surface area contributed by atoms with Crippen molar-refractivity contribution in [2.24, 2.45) is 0 Å². The highest BCUT2D eigenvalue weighted by Gasteiger charge is 2.08. The van der Waals surface area contributed by atoms with Crippen molar-refractivity contribution >= 4 is 28.7 Å². The SMILES string of the molecule is COc1ccc(NC(=S)Nc2cnn(Cc3ccc(F)cc3)c2)c(OC)c1. The molecule has 0 atom stereocenters. The van der Waals surface area contributed by atoms with E-state index >= 15 is 0 Å². The first-order valence-electron chi connectivity index (χ1n) is 8.14. The van der Waals surface area contributed by atoms with Crippen LogP contribution in [0.5, 0.6) is 11.5 Å². The van der Waals surface area contributed by atoms with Gasteiger partial charge in [-0.05, 0) is 42.0 Å². The molecule has 3 rings (SSSR count). The second kappa shape index (κ2) is 8.50. The van der Waals surface area contributed by atoms with Gasteiger partial charge in [0.1, 0.15) is 17.3 Å². The predicted octanol–water partition coefficient (Wildman–Crippen LogP) is 3.90. The second-order valence-electron chi connectivity index (χ2n) is 5.70. The summed E-state index contributed by atoms with van der Waals surface area (Å²) in [5.41, 5.74) is 2.41. The van der Waals surface area contributed by atoms with Gasteiger partial charge in [-0.25, -0.2) is 4.39 Å². The number of methoxy groups -OCH3 is 2. The zero-order chi connectivity index (χ0) is 19.2. The molecule has 0 aliphatic carbocycles. The molecule has 0 radical (unpaired) electrons. The Morgan fingerprint density at radius 2 is 1.89 bits per heavy atom. The van der Waals surface area contributed by atoms with Crippen molar-refractivity contribution in [2.45, 2.75) is 6.54 Å². The van der Waals surface area contributed by atoms with E-state index in [0.717, 1.165) is 16.9 Å². The fraction of sp³-hybridized carbons (Fsp3) is 0.158. The van der Waals surface area contributed by atoms with Crippen molar-refractivity contribution in [2.75, 3.05) is 24.9 Å². The van der Waals surface area contributed by atoms with Crippen molar-refractivity contribution in [1.29, 1.82) is 0 Å². The van der Waals surface area contributed by atoms with Gasteiger partial charge in [-0.15, -0.1) is 0 Å². The number of halogens is 1. The standard InChI is InChI=1S/C19H19FN4O2S/c1-25-16-7-8-17(18(9-16)26-2)23-19(27)22-15-10-21-24(12-15)11-13-3-5-14(20)6-4-13/h3-10,12H,11H2,1-2H3,(H2,22,23,27). The van der Waals surface area contributed by atoms with Crippen LogP contribution in [0.1, 0.15) is 5.56 Å². The molecule has 140 valence electrons. The van der Waals surface area contributed by atoms with Crippen molar-refractivity contribution in [3.05, 3.63) is 66.2 Å². The van der Waals surface area contributed by atoms with E-state index in [1.165, 1.54) is 12.1 Å². The van der Waals surface area contributed by atoms with Crippen LogP contribution in [0.15, 0.2) is 54.9 Å². The second-order valence-corrected chi connectivity index (χ2v) is 6.11. The average molecular weight is 386 g/mol. The minimum atomic E-state index is -0.257. The molecule has 0 bridgehead atoms. The molecule has 0 spiro atoms. The maximum absolute atomic E-state index is 13.0. The van der Waals surface area contributed by atoms with Crippen LogP contribution in [0.4, 0.5) is 15.8 Å². The van der Waals surface area contributed by atoms with Gasteiger partial charge in [-0.2, -0.15) is 5.10 Å². The van der Waals surface area contributed by atoms with Crippen LogP contribution in [0.2, 0.25) is 0 Å². The molecular formula is C19H19FN4O2S. The predicted molar refractivity (Wildman–Crippen MR) is 107 cm³/mol. The summed E-state index contributed by atoms with van der Waals surface area (Å²) in [5, 5.41) is 10.8. The Morgan fingerprint density at radius 3 is 2.59 bits per heavy atom. The van der Waals surface area contributed by atoms with Crippen LogP contribution in [0.3, 0.4) is 0 Å². The zero-order valence-electron chi connectivity index (χ0n) is 14.9. The molecule has 0 unspecified atom stereocenters. The number of anilines is 2. The molecule has 0 saturated heterocycles. The van der Waals surface area contributed by atoms with E-state index < -0.39 is 0 Å². The fourth-order valence-electron chi connectivity index (χ4n) is 2.48. The molecule has 0 aliphatic rings. The Bertz CT molecular complexity index is 928. The number of hydrogen-bond donors (Lipinski definition) is 2. The Labute approximate surface area is 161 Å². The number of aromatic nitrogens is 2. The first-order valence-corrected chi connectivity index (χ1v) is 8.55. The van der Waals surface area contributed by atoms with Gasteiger partial charge < -0.3 is 20.1 Å². The number of thiocarbonyl (C=S) groups is 1. The van der Waals surface area contributed by atoms with Gasteiger partial charge in [-0.1, -0.05) is 12.1 Å². The Morgan fingerprint density at radius 1 is 1.11 bits per heavy atom. The Balaban J connectivity index is 1.61. The summed E-state index contributed by atoms with van der Waals surface area (Å²) in [6.45, 7) is 0.536. The number of nitrogens with zero attached hydrogens (tertiary/aromatic N) is 2. The summed E-state index contributed by atoms with van der Waals surface area (Å²) in [6.07, 6.45) is 3.49. The lowest BCUT2D eigenvalue weighted by Gasteiger charge is -2.13. The first-order chi connectivity index (χ1) is 13.1. The topological polar surface area (TPSA) is 60.3 Å². The molecule has 1 heterocycles. The minimum absolute atomic E-state index is 0.257. The summed E-state index contributed by atoms with van der Waals surface area (Å²) in [5.74, 6) is 1.05. The monoisotopic (exact) mass is 386 g/mol.